The van der Waals surface area contributed by atoms with Crippen molar-refractivity contribution < 1.29 is 17.6 Å². The topological polar surface area (TPSA) is 38.9 Å². The molecule has 3 nitrogen and oxygen atoms in total. The van der Waals surface area contributed by atoms with Crippen LogP contribution in [0.1, 0.15) is 34.9 Å². The zero-order chi connectivity index (χ0) is 17.8. The largest absolute Gasteiger partial charge is 0.421 e. The Hall–Kier alpha value is -2.60. The summed E-state index contributed by atoms with van der Waals surface area (Å²) in [4.78, 5) is 0. The van der Waals surface area contributed by atoms with Crippen LogP contribution in [0.4, 0.5) is 13.2 Å². The van der Waals surface area contributed by atoms with E-state index in [4.69, 9.17) is 16.0 Å². The predicted molar refractivity (Wildman–Crippen MR) is 88.8 cm³/mol. The molecule has 0 aliphatic rings. The SMILES string of the molecule is Fc1ccc(/C=C/c2nnc(Cc3cccc(C(F)F)c3)o2)c(Cl)c1. The molecule has 0 radical (unpaired) electrons. The number of rotatable bonds is 5. The van der Waals surface area contributed by atoms with Gasteiger partial charge < -0.3 is 4.42 Å². The molecule has 1 aromatic heterocycles. The highest BCUT2D eigenvalue weighted by atomic mass is 35.5. The molecule has 0 fully saturated rings. The van der Waals surface area contributed by atoms with Crippen molar-refractivity contribution >= 4 is 23.8 Å². The fourth-order valence-electron chi connectivity index (χ4n) is 2.22. The van der Waals surface area contributed by atoms with Crippen LogP contribution >= 0.6 is 11.6 Å². The molecule has 3 aromatic rings. The average molecular weight is 365 g/mol. The monoisotopic (exact) mass is 364 g/mol. The highest BCUT2D eigenvalue weighted by Gasteiger charge is 2.10. The van der Waals surface area contributed by atoms with Gasteiger partial charge in [0.1, 0.15) is 5.82 Å². The van der Waals surface area contributed by atoms with Gasteiger partial charge in [-0.05, 0) is 35.4 Å². The van der Waals surface area contributed by atoms with Crippen LogP contribution < -0.4 is 0 Å². The molecule has 128 valence electrons. The third-order valence-electron chi connectivity index (χ3n) is 3.41. The van der Waals surface area contributed by atoms with Crippen molar-refractivity contribution in [2.45, 2.75) is 12.8 Å². The molecular formula is C18H12ClF3N2O. The van der Waals surface area contributed by atoms with E-state index in [9.17, 15) is 13.2 Å². The first-order valence-electron chi connectivity index (χ1n) is 7.34. The summed E-state index contributed by atoms with van der Waals surface area (Å²) in [5.41, 5.74) is 1.20. The molecule has 0 saturated carbocycles. The highest BCUT2D eigenvalue weighted by molar-refractivity contribution is 6.32. The lowest BCUT2D eigenvalue weighted by molar-refractivity contribution is 0.151. The summed E-state index contributed by atoms with van der Waals surface area (Å²) in [7, 11) is 0. The van der Waals surface area contributed by atoms with Gasteiger partial charge in [0.15, 0.2) is 0 Å². The van der Waals surface area contributed by atoms with Gasteiger partial charge in [0.05, 0.1) is 11.4 Å². The third-order valence-corrected chi connectivity index (χ3v) is 3.74. The van der Waals surface area contributed by atoms with E-state index in [2.05, 4.69) is 10.2 Å². The minimum atomic E-state index is -2.53. The number of aromatic nitrogens is 2. The molecule has 3 rings (SSSR count). The summed E-state index contributed by atoms with van der Waals surface area (Å²) in [6.45, 7) is 0. The van der Waals surface area contributed by atoms with Crippen LogP contribution in [0.3, 0.4) is 0 Å². The lowest BCUT2D eigenvalue weighted by atomic mass is 10.1. The number of hydrogen-bond acceptors (Lipinski definition) is 3. The Morgan fingerprint density at radius 3 is 2.68 bits per heavy atom. The molecule has 0 N–H and O–H groups in total. The van der Waals surface area contributed by atoms with Gasteiger partial charge in [0.25, 0.3) is 6.43 Å². The molecule has 0 bridgehead atoms. The van der Waals surface area contributed by atoms with E-state index in [-0.39, 0.29) is 22.9 Å². The van der Waals surface area contributed by atoms with E-state index >= 15 is 0 Å². The van der Waals surface area contributed by atoms with Gasteiger partial charge in [0, 0.05) is 11.6 Å². The maximum Gasteiger partial charge on any atom is 0.263 e. The normalized spacial score (nSPS) is 11.6. The van der Waals surface area contributed by atoms with Gasteiger partial charge in [-0.3, -0.25) is 0 Å². The van der Waals surface area contributed by atoms with Gasteiger partial charge in [-0.1, -0.05) is 35.9 Å². The smallest absolute Gasteiger partial charge is 0.263 e. The van der Waals surface area contributed by atoms with E-state index in [1.807, 2.05) is 0 Å². The molecule has 0 aliphatic carbocycles. The third kappa shape index (κ3) is 4.48. The Bertz CT molecular complexity index is 909. The number of alkyl halides is 2. The average Bonchev–Trinajstić information content (AvgIpc) is 3.01. The van der Waals surface area contributed by atoms with Crippen LogP contribution in [0, 0.1) is 5.82 Å². The van der Waals surface area contributed by atoms with E-state index in [1.54, 1.807) is 24.3 Å². The van der Waals surface area contributed by atoms with Gasteiger partial charge in [0.2, 0.25) is 11.8 Å². The summed E-state index contributed by atoms with van der Waals surface area (Å²) >= 11 is 5.93. The van der Waals surface area contributed by atoms with Crippen molar-refractivity contribution in [3.8, 4) is 0 Å². The van der Waals surface area contributed by atoms with Crippen molar-refractivity contribution in [2.75, 3.05) is 0 Å². The fraction of sp³-hybridized carbons (Fsp3) is 0.111. The quantitative estimate of drug-likeness (QED) is 0.595. The molecule has 0 atom stereocenters. The molecular weight excluding hydrogens is 353 g/mol. The van der Waals surface area contributed by atoms with Crippen molar-refractivity contribution in [3.63, 3.8) is 0 Å². The second-order valence-corrected chi connectivity index (χ2v) is 5.66. The highest BCUT2D eigenvalue weighted by Crippen LogP contribution is 2.22. The van der Waals surface area contributed by atoms with Crippen LogP contribution in [0.15, 0.2) is 46.9 Å². The molecule has 2 aromatic carbocycles. The van der Waals surface area contributed by atoms with E-state index < -0.39 is 12.2 Å². The number of hydrogen-bond donors (Lipinski definition) is 0. The van der Waals surface area contributed by atoms with Crippen molar-refractivity contribution in [1.82, 2.24) is 10.2 Å². The first-order valence-corrected chi connectivity index (χ1v) is 7.71. The second kappa shape index (κ2) is 7.53. The minimum Gasteiger partial charge on any atom is -0.421 e. The summed E-state index contributed by atoms with van der Waals surface area (Å²) in [5.74, 6) is 0.116. The maximum atomic E-state index is 13.0. The molecule has 0 spiro atoms. The standard InChI is InChI=1S/C18H12ClF3N2O/c19-15-10-14(20)6-4-12(15)5-7-16-23-24-17(25-16)9-11-2-1-3-13(8-11)18(21)22/h1-8,10,18H,9H2/b7-5+. The minimum absolute atomic E-state index is 0.0527. The van der Waals surface area contributed by atoms with Crippen molar-refractivity contribution in [2.24, 2.45) is 0 Å². The fourth-order valence-corrected chi connectivity index (χ4v) is 2.45. The molecule has 25 heavy (non-hydrogen) atoms. The summed E-state index contributed by atoms with van der Waals surface area (Å²) < 4.78 is 43.9. The van der Waals surface area contributed by atoms with Crippen molar-refractivity contribution in [1.29, 1.82) is 0 Å². The first-order chi connectivity index (χ1) is 12.0. The van der Waals surface area contributed by atoms with E-state index in [0.717, 1.165) is 0 Å². The van der Waals surface area contributed by atoms with Crippen LogP contribution in [0.5, 0.6) is 0 Å². The Labute approximate surface area is 146 Å². The molecule has 0 saturated heterocycles. The van der Waals surface area contributed by atoms with E-state index in [1.165, 1.54) is 30.3 Å². The van der Waals surface area contributed by atoms with Crippen LogP contribution in [-0.2, 0) is 6.42 Å². The summed E-state index contributed by atoms with van der Waals surface area (Å²) in [5, 5.41) is 8.01. The molecule has 0 aliphatic heterocycles. The predicted octanol–water partition coefficient (Wildman–Crippen LogP) is 5.56. The lowest BCUT2D eigenvalue weighted by Crippen LogP contribution is -1.91. The lowest BCUT2D eigenvalue weighted by Gasteiger charge is -2.02. The van der Waals surface area contributed by atoms with Gasteiger partial charge in [-0.2, -0.15) is 0 Å². The molecule has 7 heteroatoms. The second-order valence-electron chi connectivity index (χ2n) is 5.26. The summed E-state index contributed by atoms with van der Waals surface area (Å²) in [6, 6.07) is 10.1. The Morgan fingerprint density at radius 1 is 1.08 bits per heavy atom. The maximum absolute atomic E-state index is 13.0. The van der Waals surface area contributed by atoms with Crippen molar-refractivity contribution in [3.05, 3.63) is 81.8 Å². The van der Waals surface area contributed by atoms with Gasteiger partial charge >= 0.3 is 0 Å². The number of benzene rings is 2. The van der Waals surface area contributed by atoms with Crippen LogP contribution in [0.2, 0.25) is 5.02 Å². The Morgan fingerprint density at radius 2 is 1.92 bits per heavy atom. The zero-order valence-electron chi connectivity index (χ0n) is 12.8. The first kappa shape index (κ1) is 17.2. The zero-order valence-corrected chi connectivity index (χ0v) is 13.6. The molecule has 0 unspecified atom stereocenters. The van der Waals surface area contributed by atoms with Gasteiger partial charge in [-0.15, -0.1) is 10.2 Å². The number of nitrogens with zero attached hydrogens (tertiary/aromatic N) is 2. The van der Waals surface area contributed by atoms with Crippen LogP contribution in [0.25, 0.3) is 12.2 Å². The van der Waals surface area contributed by atoms with E-state index in [0.29, 0.717) is 17.0 Å². The van der Waals surface area contributed by atoms with Gasteiger partial charge in [-0.25, -0.2) is 13.2 Å². The molecule has 0 amide bonds. The summed E-state index contributed by atoms with van der Waals surface area (Å²) in [6.07, 6.45) is 0.891. The molecule has 1 heterocycles. The van der Waals surface area contributed by atoms with Crippen LogP contribution in [-0.4, -0.2) is 10.2 Å². The Kier molecular flexibility index (Phi) is 5.19. The number of halogens is 4. The Balaban J connectivity index is 1.72.